The summed E-state index contributed by atoms with van der Waals surface area (Å²) in [6.45, 7) is 0. The van der Waals surface area contributed by atoms with E-state index in [-0.39, 0.29) is 6.04 Å². The summed E-state index contributed by atoms with van der Waals surface area (Å²) in [7, 11) is 0. The van der Waals surface area contributed by atoms with Crippen LogP contribution >= 0.6 is 22.9 Å². The fraction of sp³-hybridized carbons (Fsp3) is 0.158. The van der Waals surface area contributed by atoms with Crippen molar-refractivity contribution in [2.45, 2.75) is 18.9 Å². The van der Waals surface area contributed by atoms with Gasteiger partial charge in [-0.2, -0.15) is 5.10 Å². The van der Waals surface area contributed by atoms with Crippen molar-refractivity contribution in [3.63, 3.8) is 0 Å². The lowest BCUT2D eigenvalue weighted by Gasteiger charge is -2.12. The second-order valence-corrected chi connectivity index (χ2v) is 7.76. The quantitative estimate of drug-likeness (QED) is 0.485. The number of H-pyrrole nitrogens is 1. The third-order valence-corrected chi connectivity index (χ3v) is 5.51. The van der Waals surface area contributed by atoms with Crippen LogP contribution in [0.15, 0.2) is 48.7 Å². The van der Waals surface area contributed by atoms with Crippen LogP contribution in [0, 0.1) is 0 Å². The van der Waals surface area contributed by atoms with Crippen LogP contribution in [0.1, 0.15) is 11.3 Å². The number of thiazole rings is 1. The lowest BCUT2D eigenvalue weighted by molar-refractivity contribution is 0.657. The summed E-state index contributed by atoms with van der Waals surface area (Å²) in [5.41, 5.74) is 16.6. The van der Waals surface area contributed by atoms with Crippen LogP contribution in [0.2, 0.25) is 5.02 Å². The summed E-state index contributed by atoms with van der Waals surface area (Å²) < 4.78 is 0. The van der Waals surface area contributed by atoms with E-state index in [9.17, 15) is 0 Å². The number of nitrogens with one attached hydrogen (secondary N) is 1. The molecular weight excluding hydrogens is 366 g/mol. The van der Waals surface area contributed by atoms with Crippen LogP contribution in [0.25, 0.3) is 21.3 Å². The molecule has 0 spiro atoms. The first-order valence-electron chi connectivity index (χ1n) is 8.27. The highest BCUT2D eigenvalue weighted by Crippen LogP contribution is 2.34. The molecule has 2 aromatic carbocycles. The molecule has 0 aliphatic rings. The number of anilines is 1. The molecule has 2 heterocycles. The molecule has 5 N–H and O–H groups in total. The van der Waals surface area contributed by atoms with E-state index in [2.05, 4.69) is 27.3 Å². The average molecular weight is 384 g/mol. The van der Waals surface area contributed by atoms with Crippen molar-refractivity contribution in [1.82, 2.24) is 15.2 Å². The van der Waals surface area contributed by atoms with E-state index in [0.29, 0.717) is 11.6 Å². The van der Waals surface area contributed by atoms with E-state index < -0.39 is 0 Å². The molecule has 0 fully saturated rings. The van der Waals surface area contributed by atoms with Crippen molar-refractivity contribution in [3.8, 4) is 10.4 Å². The van der Waals surface area contributed by atoms with E-state index in [0.717, 1.165) is 44.0 Å². The van der Waals surface area contributed by atoms with Gasteiger partial charge in [0.05, 0.1) is 22.3 Å². The standard InChI is InChI=1S/C19H18ClN5S/c20-14-4-1-11(2-5-14)7-15(21)9-17-18(26-19(22)24-17)12-3-6-16-13(8-12)10-23-25-16/h1-6,8,10,15H,7,9,21H2,(H2,22,24)(H,23,25)/t15-/m0/s1. The lowest BCUT2D eigenvalue weighted by atomic mass is 10.0. The fourth-order valence-corrected chi connectivity index (χ4v) is 4.04. The number of rotatable bonds is 5. The molecule has 5 nitrogen and oxygen atoms in total. The Hall–Kier alpha value is -2.41. The third-order valence-electron chi connectivity index (χ3n) is 4.28. The summed E-state index contributed by atoms with van der Waals surface area (Å²) in [6.07, 6.45) is 3.24. The second-order valence-electron chi connectivity index (χ2n) is 6.29. The third kappa shape index (κ3) is 3.58. The molecular formula is C19H18ClN5S. The molecule has 0 aliphatic heterocycles. The molecule has 0 bridgehead atoms. The predicted octanol–water partition coefficient (Wildman–Crippen LogP) is 4.03. The Kier molecular flexibility index (Phi) is 4.63. The molecule has 0 amide bonds. The first-order valence-corrected chi connectivity index (χ1v) is 9.46. The lowest BCUT2D eigenvalue weighted by Crippen LogP contribution is -2.25. The number of benzene rings is 2. The largest absolute Gasteiger partial charge is 0.375 e. The van der Waals surface area contributed by atoms with E-state index >= 15 is 0 Å². The molecule has 0 saturated carbocycles. The van der Waals surface area contributed by atoms with Crippen molar-refractivity contribution in [2.24, 2.45) is 5.73 Å². The van der Waals surface area contributed by atoms with Crippen LogP contribution in [0.4, 0.5) is 5.13 Å². The number of aromatic nitrogens is 3. The van der Waals surface area contributed by atoms with Gasteiger partial charge in [0.2, 0.25) is 0 Å². The summed E-state index contributed by atoms with van der Waals surface area (Å²) >= 11 is 7.43. The zero-order valence-electron chi connectivity index (χ0n) is 13.9. The Labute approximate surface area is 160 Å². The first-order chi connectivity index (χ1) is 12.6. The van der Waals surface area contributed by atoms with Crippen LogP contribution in [0.3, 0.4) is 0 Å². The van der Waals surface area contributed by atoms with E-state index in [4.69, 9.17) is 23.1 Å². The normalized spacial score (nSPS) is 12.5. The van der Waals surface area contributed by atoms with Crippen molar-refractivity contribution in [2.75, 3.05) is 5.73 Å². The average Bonchev–Trinajstić information content (AvgIpc) is 3.22. The molecule has 4 rings (SSSR count). The second kappa shape index (κ2) is 7.07. The van der Waals surface area contributed by atoms with Crippen molar-refractivity contribution in [3.05, 3.63) is 64.9 Å². The van der Waals surface area contributed by atoms with E-state index in [1.54, 1.807) is 0 Å². The van der Waals surface area contributed by atoms with Gasteiger partial charge >= 0.3 is 0 Å². The predicted molar refractivity (Wildman–Crippen MR) is 108 cm³/mol. The van der Waals surface area contributed by atoms with Gasteiger partial charge in [0.1, 0.15) is 0 Å². The minimum Gasteiger partial charge on any atom is -0.375 e. The van der Waals surface area contributed by atoms with Crippen LogP contribution in [-0.2, 0) is 12.8 Å². The van der Waals surface area contributed by atoms with Gasteiger partial charge in [-0.3, -0.25) is 5.10 Å². The molecule has 26 heavy (non-hydrogen) atoms. The highest BCUT2D eigenvalue weighted by Gasteiger charge is 2.16. The number of fused-ring (bicyclic) bond motifs is 1. The molecule has 132 valence electrons. The van der Waals surface area contributed by atoms with Gasteiger partial charge in [0, 0.05) is 22.9 Å². The fourth-order valence-electron chi connectivity index (χ4n) is 3.06. The molecule has 4 aromatic rings. The molecule has 0 saturated heterocycles. The molecule has 0 radical (unpaired) electrons. The maximum Gasteiger partial charge on any atom is 0.180 e. The Morgan fingerprint density at radius 3 is 2.73 bits per heavy atom. The van der Waals surface area contributed by atoms with Crippen LogP contribution in [0.5, 0.6) is 0 Å². The molecule has 0 unspecified atom stereocenters. The van der Waals surface area contributed by atoms with E-state index in [1.165, 1.54) is 11.3 Å². The highest BCUT2D eigenvalue weighted by molar-refractivity contribution is 7.18. The summed E-state index contributed by atoms with van der Waals surface area (Å²) in [5, 5.41) is 9.38. The molecule has 2 aromatic heterocycles. The first kappa shape index (κ1) is 17.0. The summed E-state index contributed by atoms with van der Waals surface area (Å²) in [4.78, 5) is 5.59. The SMILES string of the molecule is Nc1nc(C[C@@H](N)Cc2ccc(Cl)cc2)c(-c2ccc3[nH]ncc3c2)s1. The van der Waals surface area contributed by atoms with Crippen molar-refractivity contribution in [1.29, 1.82) is 0 Å². The zero-order chi connectivity index (χ0) is 18.1. The number of hydrogen-bond donors (Lipinski definition) is 3. The Morgan fingerprint density at radius 2 is 1.92 bits per heavy atom. The molecule has 0 aliphatic carbocycles. The van der Waals surface area contributed by atoms with Gasteiger partial charge in [0.25, 0.3) is 0 Å². The minimum atomic E-state index is -0.0471. The highest BCUT2D eigenvalue weighted by atomic mass is 35.5. The van der Waals surface area contributed by atoms with Gasteiger partial charge < -0.3 is 11.5 Å². The van der Waals surface area contributed by atoms with Crippen molar-refractivity contribution >= 4 is 39.0 Å². The zero-order valence-corrected chi connectivity index (χ0v) is 15.5. The Bertz CT molecular complexity index is 1040. The Balaban J connectivity index is 1.57. The molecule has 1 atom stereocenters. The van der Waals surface area contributed by atoms with Crippen LogP contribution < -0.4 is 11.5 Å². The number of halogens is 1. The maximum absolute atomic E-state index is 6.38. The van der Waals surface area contributed by atoms with E-state index in [1.807, 2.05) is 36.5 Å². The summed E-state index contributed by atoms with van der Waals surface area (Å²) in [5.74, 6) is 0. The summed E-state index contributed by atoms with van der Waals surface area (Å²) in [6, 6.07) is 13.9. The number of aromatic amines is 1. The maximum atomic E-state index is 6.38. The smallest absolute Gasteiger partial charge is 0.180 e. The number of nitrogen functional groups attached to an aromatic ring is 1. The molecule has 7 heteroatoms. The topological polar surface area (TPSA) is 93.6 Å². The Morgan fingerprint density at radius 1 is 1.12 bits per heavy atom. The van der Waals surface area contributed by atoms with Gasteiger partial charge in [-0.05, 0) is 41.8 Å². The van der Waals surface area contributed by atoms with Crippen molar-refractivity contribution < 1.29 is 0 Å². The van der Waals surface area contributed by atoms with Gasteiger partial charge in [0.15, 0.2) is 5.13 Å². The number of hydrogen-bond acceptors (Lipinski definition) is 5. The number of nitrogens with two attached hydrogens (primary N) is 2. The van der Waals surface area contributed by atoms with Crippen LogP contribution in [-0.4, -0.2) is 21.2 Å². The van der Waals surface area contributed by atoms with Gasteiger partial charge in [-0.1, -0.05) is 41.1 Å². The minimum absolute atomic E-state index is 0.0471. The monoisotopic (exact) mass is 383 g/mol. The number of nitrogens with zero attached hydrogens (tertiary/aromatic N) is 2. The van der Waals surface area contributed by atoms with Gasteiger partial charge in [-0.15, -0.1) is 0 Å². The van der Waals surface area contributed by atoms with Gasteiger partial charge in [-0.25, -0.2) is 4.98 Å².